The van der Waals surface area contributed by atoms with E-state index >= 15 is 0 Å². The number of halogens is 2. The number of amides is 1. The van der Waals surface area contributed by atoms with Gasteiger partial charge in [0.1, 0.15) is 0 Å². The molecule has 1 saturated heterocycles. The van der Waals surface area contributed by atoms with Crippen molar-refractivity contribution in [2.24, 2.45) is 0 Å². The van der Waals surface area contributed by atoms with E-state index in [0.29, 0.717) is 15.7 Å². The fourth-order valence-corrected chi connectivity index (χ4v) is 3.47. The minimum absolute atomic E-state index is 0.0438. The lowest BCUT2D eigenvalue weighted by Crippen LogP contribution is -3.19. The summed E-state index contributed by atoms with van der Waals surface area (Å²) in [6, 6.07) is 6.66. The molecule has 132 valence electrons. The van der Waals surface area contributed by atoms with E-state index < -0.39 is 0 Å². The Morgan fingerprint density at radius 3 is 2.36 bits per heavy atom. The van der Waals surface area contributed by atoms with Gasteiger partial charge in [0.2, 0.25) is 5.95 Å². The number of quaternary nitrogens is 1. The van der Waals surface area contributed by atoms with Crippen LogP contribution in [0.4, 0.5) is 11.6 Å². The highest BCUT2D eigenvalue weighted by Gasteiger charge is 2.30. The van der Waals surface area contributed by atoms with E-state index in [1.807, 2.05) is 6.92 Å². The topological polar surface area (TPSA) is 62.6 Å². The van der Waals surface area contributed by atoms with Gasteiger partial charge in [-0.15, -0.1) is 0 Å². The first-order valence-corrected chi connectivity index (χ1v) is 8.92. The van der Waals surface area contributed by atoms with Crippen molar-refractivity contribution in [3.8, 4) is 0 Å². The first kappa shape index (κ1) is 17.9. The first-order chi connectivity index (χ1) is 12.0. The highest BCUT2D eigenvalue weighted by molar-refractivity contribution is 6.35. The van der Waals surface area contributed by atoms with Gasteiger partial charge in [0.25, 0.3) is 5.91 Å². The SMILES string of the molecule is C[C@H](C(=O)Nc1cc(Cl)cc(Cl)c1)[NH+]1CCN(c2ncccn2)CC1. The van der Waals surface area contributed by atoms with Gasteiger partial charge in [0.05, 0.1) is 26.2 Å². The Labute approximate surface area is 156 Å². The molecule has 0 bridgehead atoms. The average molecular weight is 381 g/mol. The summed E-state index contributed by atoms with van der Waals surface area (Å²) in [7, 11) is 0. The molecule has 1 atom stereocenters. The van der Waals surface area contributed by atoms with E-state index in [4.69, 9.17) is 23.2 Å². The number of nitrogens with one attached hydrogen (secondary N) is 2. The molecule has 1 aliphatic heterocycles. The molecule has 2 aromatic rings. The first-order valence-electron chi connectivity index (χ1n) is 8.16. The lowest BCUT2D eigenvalue weighted by Gasteiger charge is -2.34. The minimum Gasteiger partial charge on any atom is -0.330 e. The molecular formula is C17H20Cl2N5O+. The fraction of sp³-hybridized carbons (Fsp3) is 0.353. The van der Waals surface area contributed by atoms with Crippen LogP contribution in [0.1, 0.15) is 6.92 Å². The van der Waals surface area contributed by atoms with E-state index in [2.05, 4.69) is 20.2 Å². The Bertz CT molecular complexity index is 715. The van der Waals surface area contributed by atoms with E-state index in [-0.39, 0.29) is 11.9 Å². The summed E-state index contributed by atoms with van der Waals surface area (Å²) in [5.41, 5.74) is 0.616. The number of carbonyl (C=O) groups is 1. The molecule has 1 aromatic carbocycles. The largest absolute Gasteiger partial charge is 0.330 e. The third-order valence-electron chi connectivity index (χ3n) is 4.38. The zero-order valence-corrected chi connectivity index (χ0v) is 15.4. The van der Waals surface area contributed by atoms with Crippen LogP contribution in [0.2, 0.25) is 10.0 Å². The van der Waals surface area contributed by atoms with Crippen molar-refractivity contribution in [3.63, 3.8) is 0 Å². The smallest absolute Gasteiger partial charge is 0.282 e. The van der Waals surface area contributed by atoms with Gasteiger partial charge in [0, 0.05) is 28.1 Å². The predicted molar refractivity (Wildman–Crippen MR) is 99.5 cm³/mol. The molecule has 0 spiro atoms. The van der Waals surface area contributed by atoms with Crippen LogP contribution < -0.4 is 15.1 Å². The highest BCUT2D eigenvalue weighted by atomic mass is 35.5. The van der Waals surface area contributed by atoms with Gasteiger partial charge < -0.3 is 15.1 Å². The van der Waals surface area contributed by atoms with Crippen LogP contribution in [0.15, 0.2) is 36.7 Å². The van der Waals surface area contributed by atoms with Crippen LogP contribution in [0.5, 0.6) is 0 Å². The van der Waals surface area contributed by atoms with E-state index in [0.717, 1.165) is 32.1 Å². The number of rotatable bonds is 4. The lowest BCUT2D eigenvalue weighted by molar-refractivity contribution is -0.914. The Balaban J connectivity index is 1.56. The second kappa shape index (κ2) is 7.99. The third-order valence-corrected chi connectivity index (χ3v) is 4.81. The molecule has 0 saturated carbocycles. The molecule has 0 unspecified atom stereocenters. The number of nitrogens with zero attached hydrogens (tertiary/aromatic N) is 3. The van der Waals surface area contributed by atoms with E-state index in [1.165, 1.54) is 4.90 Å². The molecule has 1 aliphatic rings. The second-order valence-corrected chi connectivity index (χ2v) is 6.94. The number of carbonyl (C=O) groups excluding carboxylic acids is 1. The summed E-state index contributed by atoms with van der Waals surface area (Å²) >= 11 is 12.0. The quantitative estimate of drug-likeness (QED) is 0.843. The molecule has 0 aliphatic carbocycles. The Kier molecular flexibility index (Phi) is 5.73. The van der Waals surface area contributed by atoms with Crippen LogP contribution in [0.3, 0.4) is 0 Å². The number of piperazine rings is 1. The zero-order valence-electron chi connectivity index (χ0n) is 13.9. The number of aromatic nitrogens is 2. The molecule has 8 heteroatoms. The van der Waals surface area contributed by atoms with Gasteiger partial charge in [0.15, 0.2) is 6.04 Å². The third kappa shape index (κ3) is 4.60. The monoisotopic (exact) mass is 380 g/mol. The van der Waals surface area contributed by atoms with Crippen molar-refractivity contribution >= 4 is 40.7 Å². The number of hydrogen-bond acceptors (Lipinski definition) is 4. The molecule has 2 N–H and O–H groups in total. The Morgan fingerprint density at radius 1 is 1.16 bits per heavy atom. The van der Waals surface area contributed by atoms with Gasteiger partial charge in [-0.05, 0) is 31.2 Å². The minimum atomic E-state index is -0.170. The lowest BCUT2D eigenvalue weighted by atomic mass is 10.2. The predicted octanol–water partition coefficient (Wildman–Crippen LogP) is 1.52. The Hall–Kier alpha value is -1.89. The maximum Gasteiger partial charge on any atom is 0.282 e. The maximum atomic E-state index is 12.5. The van der Waals surface area contributed by atoms with Crippen molar-refractivity contribution in [3.05, 3.63) is 46.7 Å². The van der Waals surface area contributed by atoms with Crippen molar-refractivity contribution in [1.29, 1.82) is 0 Å². The molecule has 6 nitrogen and oxygen atoms in total. The normalized spacial score (nSPS) is 16.5. The summed E-state index contributed by atoms with van der Waals surface area (Å²) in [5, 5.41) is 3.90. The maximum absolute atomic E-state index is 12.5. The summed E-state index contributed by atoms with van der Waals surface area (Å²) in [6.07, 6.45) is 3.49. The molecule has 1 fully saturated rings. The number of anilines is 2. The van der Waals surface area contributed by atoms with Crippen LogP contribution in [-0.4, -0.2) is 48.1 Å². The average Bonchev–Trinajstić information content (AvgIpc) is 2.61. The summed E-state index contributed by atoms with van der Waals surface area (Å²) < 4.78 is 0. The molecular weight excluding hydrogens is 361 g/mol. The van der Waals surface area contributed by atoms with Crippen LogP contribution >= 0.6 is 23.2 Å². The molecule has 1 aromatic heterocycles. The zero-order chi connectivity index (χ0) is 17.8. The molecule has 1 amide bonds. The highest BCUT2D eigenvalue weighted by Crippen LogP contribution is 2.22. The van der Waals surface area contributed by atoms with Gasteiger partial charge in [-0.2, -0.15) is 0 Å². The second-order valence-electron chi connectivity index (χ2n) is 6.06. The summed E-state index contributed by atoms with van der Waals surface area (Å²) in [6.45, 7) is 5.28. The van der Waals surface area contributed by atoms with Gasteiger partial charge in [-0.1, -0.05) is 23.2 Å². The summed E-state index contributed by atoms with van der Waals surface area (Å²) in [4.78, 5) is 24.5. The van der Waals surface area contributed by atoms with E-state index in [1.54, 1.807) is 36.7 Å². The van der Waals surface area contributed by atoms with Crippen LogP contribution in [-0.2, 0) is 4.79 Å². The van der Waals surface area contributed by atoms with Gasteiger partial charge >= 0.3 is 0 Å². The summed E-state index contributed by atoms with van der Waals surface area (Å²) in [5.74, 6) is 0.699. The van der Waals surface area contributed by atoms with Gasteiger partial charge in [-0.3, -0.25) is 4.79 Å². The van der Waals surface area contributed by atoms with Crippen molar-refractivity contribution in [2.75, 3.05) is 36.4 Å². The van der Waals surface area contributed by atoms with Crippen molar-refractivity contribution in [2.45, 2.75) is 13.0 Å². The Morgan fingerprint density at radius 2 is 1.76 bits per heavy atom. The molecule has 2 heterocycles. The van der Waals surface area contributed by atoms with Crippen LogP contribution in [0, 0.1) is 0 Å². The molecule has 3 rings (SSSR count). The standard InChI is InChI=1S/C17H19Cl2N5O/c1-12(16(25)22-15-10-13(18)9-14(19)11-15)23-5-7-24(8-6-23)17-20-3-2-4-21-17/h2-4,9-12H,5-8H2,1H3,(H,22,25)/p+1/t12-/m1/s1. The van der Waals surface area contributed by atoms with E-state index in [9.17, 15) is 4.79 Å². The molecule has 0 radical (unpaired) electrons. The van der Waals surface area contributed by atoms with Crippen molar-refractivity contribution < 1.29 is 9.69 Å². The number of benzene rings is 1. The fourth-order valence-electron chi connectivity index (χ4n) is 2.94. The van der Waals surface area contributed by atoms with Gasteiger partial charge in [-0.25, -0.2) is 9.97 Å². The van der Waals surface area contributed by atoms with Crippen molar-refractivity contribution in [1.82, 2.24) is 9.97 Å². The van der Waals surface area contributed by atoms with Crippen LogP contribution in [0.25, 0.3) is 0 Å². The number of hydrogen-bond donors (Lipinski definition) is 2. The molecule has 25 heavy (non-hydrogen) atoms.